The van der Waals surface area contributed by atoms with Crippen LogP contribution in [0.1, 0.15) is 25.5 Å². The summed E-state index contributed by atoms with van der Waals surface area (Å²) in [5, 5.41) is 14.9. The summed E-state index contributed by atoms with van der Waals surface area (Å²) in [6, 6.07) is 15.6. The first kappa shape index (κ1) is 29.2. The number of benzene rings is 2. The van der Waals surface area contributed by atoms with Crippen LogP contribution in [0, 0.1) is 0 Å². The second-order valence-corrected chi connectivity index (χ2v) is 11.6. The molecule has 2 heterocycles. The van der Waals surface area contributed by atoms with E-state index in [0.717, 1.165) is 18.4 Å². The SMILES string of the molecule is CCCCNC(=O)NS(=O)(=O)c1ccc(NC(=O)CSc2nnc(-c3ccc(Cl)cc3)n2Cc2ccco2)cc1. The zero-order valence-electron chi connectivity index (χ0n) is 21.5. The third-order valence-electron chi connectivity index (χ3n) is 5.54. The standard InChI is InChI=1S/C26H27ClN6O5S2/c1-2-3-14-28-25(35)32-40(36,37)22-12-10-20(11-13-22)29-23(34)17-39-26-31-30-24(18-6-8-19(27)9-7-18)33(26)16-21-5-4-15-38-21/h4-13,15H,2-3,14,16-17H2,1H3,(H,29,34)(H2,28,32,35). The summed E-state index contributed by atoms with van der Waals surface area (Å²) in [4.78, 5) is 24.4. The van der Waals surface area contributed by atoms with Crippen molar-refractivity contribution in [2.75, 3.05) is 17.6 Å². The summed E-state index contributed by atoms with van der Waals surface area (Å²) in [6.45, 7) is 2.70. The maximum absolute atomic E-state index is 12.7. The minimum atomic E-state index is -4.05. The van der Waals surface area contributed by atoms with Gasteiger partial charge in [-0.05, 0) is 67.1 Å². The number of nitrogens with zero attached hydrogens (tertiary/aromatic N) is 3. The summed E-state index contributed by atoms with van der Waals surface area (Å²) < 4.78 is 34.2. The van der Waals surface area contributed by atoms with Crippen molar-refractivity contribution in [3.63, 3.8) is 0 Å². The summed E-state index contributed by atoms with van der Waals surface area (Å²) in [5.74, 6) is 0.996. The number of carbonyl (C=O) groups excluding carboxylic acids is 2. The van der Waals surface area contributed by atoms with Crippen molar-refractivity contribution in [2.24, 2.45) is 0 Å². The number of aromatic nitrogens is 3. The molecule has 0 aliphatic heterocycles. The van der Waals surface area contributed by atoms with E-state index in [1.54, 1.807) is 24.5 Å². The third kappa shape index (κ3) is 7.87. The zero-order valence-corrected chi connectivity index (χ0v) is 23.9. The van der Waals surface area contributed by atoms with E-state index in [1.165, 1.54) is 36.0 Å². The van der Waals surface area contributed by atoms with Gasteiger partial charge in [-0.2, -0.15) is 0 Å². The van der Waals surface area contributed by atoms with Crippen LogP contribution in [0.3, 0.4) is 0 Å². The van der Waals surface area contributed by atoms with E-state index >= 15 is 0 Å². The Morgan fingerprint density at radius 3 is 2.48 bits per heavy atom. The Kier molecular flexibility index (Phi) is 9.85. The van der Waals surface area contributed by atoms with Crippen molar-refractivity contribution < 1.29 is 22.4 Å². The van der Waals surface area contributed by atoms with Crippen LogP contribution in [-0.2, 0) is 21.4 Å². The molecule has 210 valence electrons. The Labute approximate surface area is 240 Å². The van der Waals surface area contributed by atoms with Gasteiger partial charge in [-0.15, -0.1) is 10.2 Å². The van der Waals surface area contributed by atoms with Crippen LogP contribution in [-0.4, -0.2) is 47.4 Å². The normalized spacial score (nSPS) is 11.2. The van der Waals surface area contributed by atoms with E-state index in [9.17, 15) is 18.0 Å². The first-order valence-electron chi connectivity index (χ1n) is 12.3. The molecule has 11 nitrogen and oxygen atoms in total. The topological polar surface area (TPSA) is 148 Å². The predicted molar refractivity (Wildman–Crippen MR) is 153 cm³/mol. The van der Waals surface area contributed by atoms with Crippen LogP contribution >= 0.6 is 23.4 Å². The number of unbranched alkanes of at least 4 members (excludes halogenated alkanes) is 1. The molecule has 0 bridgehead atoms. The van der Waals surface area contributed by atoms with Crippen LogP contribution in [0.2, 0.25) is 5.02 Å². The number of nitrogens with one attached hydrogen (secondary N) is 3. The Morgan fingerprint density at radius 1 is 1.05 bits per heavy atom. The fraction of sp³-hybridized carbons (Fsp3) is 0.231. The van der Waals surface area contributed by atoms with Gasteiger partial charge >= 0.3 is 6.03 Å². The molecule has 0 radical (unpaired) electrons. The fourth-order valence-electron chi connectivity index (χ4n) is 3.55. The summed E-state index contributed by atoms with van der Waals surface area (Å²) in [5.41, 5.74) is 1.21. The molecule has 0 aliphatic rings. The monoisotopic (exact) mass is 602 g/mol. The van der Waals surface area contributed by atoms with E-state index < -0.39 is 16.1 Å². The molecular formula is C26H27ClN6O5S2. The second kappa shape index (κ2) is 13.5. The van der Waals surface area contributed by atoms with Crippen molar-refractivity contribution in [3.05, 3.63) is 77.7 Å². The first-order valence-corrected chi connectivity index (χ1v) is 15.1. The predicted octanol–water partition coefficient (Wildman–Crippen LogP) is 4.76. The molecule has 0 fully saturated rings. The molecule has 3 amide bonds. The maximum Gasteiger partial charge on any atom is 0.328 e. The molecule has 4 aromatic rings. The van der Waals surface area contributed by atoms with Crippen LogP contribution in [0.25, 0.3) is 11.4 Å². The molecule has 2 aromatic heterocycles. The van der Waals surface area contributed by atoms with E-state index in [0.29, 0.717) is 40.5 Å². The Balaban J connectivity index is 1.38. The quantitative estimate of drug-likeness (QED) is 0.155. The van der Waals surface area contributed by atoms with E-state index in [2.05, 4.69) is 20.8 Å². The lowest BCUT2D eigenvalue weighted by Gasteiger charge is -2.10. The smallest absolute Gasteiger partial charge is 0.328 e. The van der Waals surface area contributed by atoms with Gasteiger partial charge in [0.2, 0.25) is 5.91 Å². The summed E-state index contributed by atoms with van der Waals surface area (Å²) >= 11 is 7.22. The Hall–Kier alpha value is -3.81. The van der Waals surface area contributed by atoms with Gasteiger partial charge in [0, 0.05) is 22.8 Å². The number of halogens is 1. The maximum atomic E-state index is 12.7. The zero-order chi connectivity index (χ0) is 28.5. The lowest BCUT2D eigenvalue weighted by Crippen LogP contribution is -2.39. The van der Waals surface area contributed by atoms with Crippen molar-refractivity contribution in [3.8, 4) is 11.4 Å². The van der Waals surface area contributed by atoms with Gasteiger partial charge in [-0.3, -0.25) is 9.36 Å². The number of rotatable bonds is 12. The Bertz CT molecular complexity index is 1540. The molecule has 0 saturated carbocycles. The van der Waals surface area contributed by atoms with Crippen molar-refractivity contribution >= 4 is 51.0 Å². The molecule has 0 spiro atoms. The van der Waals surface area contributed by atoms with Gasteiger partial charge < -0.3 is 15.1 Å². The molecule has 0 unspecified atom stereocenters. The van der Waals surface area contributed by atoms with E-state index in [4.69, 9.17) is 16.0 Å². The molecule has 0 aliphatic carbocycles. The lowest BCUT2D eigenvalue weighted by atomic mass is 10.2. The number of carbonyl (C=O) groups is 2. The molecule has 0 atom stereocenters. The van der Waals surface area contributed by atoms with Crippen molar-refractivity contribution in [1.29, 1.82) is 0 Å². The number of hydrogen-bond donors (Lipinski definition) is 3. The number of sulfonamides is 1. The van der Waals surface area contributed by atoms with Crippen LogP contribution in [0.4, 0.5) is 10.5 Å². The van der Waals surface area contributed by atoms with Gasteiger partial charge in [0.15, 0.2) is 11.0 Å². The highest BCUT2D eigenvalue weighted by Crippen LogP contribution is 2.26. The van der Waals surface area contributed by atoms with Crippen molar-refractivity contribution in [2.45, 2.75) is 36.4 Å². The van der Waals surface area contributed by atoms with Gasteiger partial charge in [0.25, 0.3) is 10.0 Å². The molecule has 2 aromatic carbocycles. The minimum Gasteiger partial charge on any atom is -0.467 e. The number of hydrogen-bond acceptors (Lipinski definition) is 8. The molecule has 4 rings (SSSR count). The highest BCUT2D eigenvalue weighted by molar-refractivity contribution is 7.99. The average molecular weight is 603 g/mol. The molecule has 14 heteroatoms. The van der Waals surface area contributed by atoms with Gasteiger partial charge in [-0.1, -0.05) is 36.7 Å². The first-order chi connectivity index (χ1) is 19.2. The summed E-state index contributed by atoms with van der Waals surface area (Å²) in [7, 11) is -4.05. The number of thioether (sulfide) groups is 1. The van der Waals surface area contributed by atoms with Gasteiger partial charge in [0.1, 0.15) is 5.76 Å². The second-order valence-electron chi connectivity index (χ2n) is 8.55. The molecule has 40 heavy (non-hydrogen) atoms. The number of urea groups is 1. The molecule has 0 saturated heterocycles. The van der Waals surface area contributed by atoms with Gasteiger partial charge in [0.05, 0.1) is 23.5 Å². The third-order valence-corrected chi connectivity index (χ3v) is 8.10. The minimum absolute atomic E-state index is 0.0242. The number of furan rings is 1. The molecule has 3 N–H and O–H groups in total. The summed E-state index contributed by atoms with van der Waals surface area (Å²) in [6.07, 6.45) is 3.19. The number of amides is 3. The highest BCUT2D eigenvalue weighted by atomic mass is 35.5. The van der Waals surface area contributed by atoms with E-state index in [1.807, 2.05) is 34.4 Å². The van der Waals surface area contributed by atoms with E-state index in [-0.39, 0.29) is 16.6 Å². The number of anilines is 1. The largest absolute Gasteiger partial charge is 0.467 e. The van der Waals surface area contributed by atoms with Crippen LogP contribution in [0.15, 0.2) is 81.4 Å². The lowest BCUT2D eigenvalue weighted by molar-refractivity contribution is -0.113. The van der Waals surface area contributed by atoms with Crippen molar-refractivity contribution in [1.82, 2.24) is 24.8 Å². The Morgan fingerprint density at radius 2 is 1.80 bits per heavy atom. The fourth-order valence-corrected chi connectivity index (χ4v) is 5.34. The van der Waals surface area contributed by atoms with Crippen LogP contribution in [0.5, 0.6) is 0 Å². The highest BCUT2D eigenvalue weighted by Gasteiger charge is 2.19. The van der Waals surface area contributed by atoms with Crippen LogP contribution < -0.4 is 15.4 Å². The average Bonchev–Trinajstić information content (AvgIpc) is 3.59. The molecular weight excluding hydrogens is 576 g/mol. The van der Waals surface area contributed by atoms with Gasteiger partial charge in [-0.25, -0.2) is 17.9 Å².